The van der Waals surface area contributed by atoms with Gasteiger partial charge in [-0.2, -0.15) is 0 Å². The lowest BCUT2D eigenvalue weighted by atomic mass is 10.1. The Morgan fingerprint density at radius 1 is 1.00 bits per heavy atom. The average molecular weight is 353 g/mol. The van der Waals surface area contributed by atoms with E-state index in [1.165, 1.54) is 16.8 Å². The van der Waals surface area contributed by atoms with Gasteiger partial charge in [-0.05, 0) is 44.0 Å². The van der Waals surface area contributed by atoms with Gasteiger partial charge >= 0.3 is 6.03 Å². The van der Waals surface area contributed by atoms with E-state index in [1.807, 2.05) is 36.1 Å². The molecule has 3 rings (SSSR count). The number of nitrogens with zero attached hydrogens (tertiary/aromatic N) is 2. The van der Waals surface area contributed by atoms with E-state index in [2.05, 4.69) is 42.3 Å². The summed E-state index contributed by atoms with van der Waals surface area (Å²) >= 11 is 0. The van der Waals surface area contributed by atoms with Crippen molar-refractivity contribution >= 4 is 17.4 Å². The Balaban J connectivity index is 1.62. The monoisotopic (exact) mass is 353 g/mol. The number of benzene rings is 2. The number of hydrogen-bond donors (Lipinski definition) is 1. The van der Waals surface area contributed by atoms with Gasteiger partial charge in [0.2, 0.25) is 0 Å². The average Bonchev–Trinajstić information content (AvgIpc) is 2.64. The zero-order chi connectivity index (χ0) is 18.5. The number of carbonyl (C=O) groups excluding carboxylic acids is 1. The third-order valence-electron chi connectivity index (χ3n) is 4.75. The summed E-state index contributed by atoms with van der Waals surface area (Å²) in [6.45, 7) is 9.89. The van der Waals surface area contributed by atoms with Crippen molar-refractivity contribution in [3.63, 3.8) is 0 Å². The molecule has 138 valence electrons. The Morgan fingerprint density at radius 3 is 2.31 bits per heavy atom. The number of carbonyl (C=O) groups is 1. The number of para-hydroxylation sites is 3. The van der Waals surface area contributed by atoms with Crippen LogP contribution in [0.4, 0.5) is 16.2 Å². The lowest BCUT2D eigenvalue weighted by molar-refractivity contribution is 0.208. The highest BCUT2D eigenvalue weighted by atomic mass is 16.5. The predicted molar refractivity (Wildman–Crippen MR) is 106 cm³/mol. The maximum absolute atomic E-state index is 12.6. The van der Waals surface area contributed by atoms with Crippen molar-refractivity contribution in [1.82, 2.24) is 4.90 Å². The van der Waals surface area contributed by atoms with Crippen LogP contribution in [0.25, 0.3) is 0 Å². The fraction of sp³-hybridized carbons (Fsp3) is 0.381. The zero-order valence-corrected chi connectivity index (χ0v) is 15.8. The first kappa shape index (κ1) is 18.1. The molecule has 0 aromatic heterocycles. The highest BCUT2D eigenvalue weighted by Crippen LogP contribution is 2.27. The van der Waals surface area contributed by atoms with Crippen molar-refractivity contribution in [3.8, 4) is 5.75 Å². The molecule has 26 heavy (non-hydrogen) atoms. The number of piperazine rings is 1. The first-order chi connectivity index (χ1) is 12.6. The van der Waals surface area contributed by atoms with Crippen LogP contribution < -0.4 is 15.0 Å². The summed E-state index contributed by atoms with van der Waals surface area (Å²) in [6, 6.07) is 13.9. The molecule has 0 unspecified atom stereocenters. The number of ether oxygens (including phenoxy) is 1. The molecule has 0 radical (unpaired) electrons. The Kier molecular flexibility index (Phi) is 5.66. The summed E-state index contributed by atoms with van der Waals surface area (Å²) in [6.07, 6.45) is 0. The Morgan fingerprint density at radius 2 is 1.65 bits per heavy atom. The maximum atomic E-state index is 12.6. The standard InChI is InChI=1S/C21H27N3O2/c1-4-26-19-11-6-5-10-18(19)22-21(25)24-14-12-23(13-15-24)20-16(2)8-7-9-17(20)3/h5-11H,4,12-15H2,1-3H3,(H,22,25). The number of urea groups is 1. The minimum Gasteiger partial charge on any atom is -0.492 e. The van der Waals surface area contributed by atoms with Crippen LogP contribution in [-0.4, -0.2) is 43.7 Å². The van der Waals surface area contributed by atoms with E-state index < -0.39 is 0 Å². The van der Waals surface area contributed by atoms with Crippen molar-refractivity contribution in [3.05, 3.63) is 53.6 Å². The third kappa shape index (κ3) is 3.93. The van der Waals surface area contributed by atoms with Gasteiger partial charge in [0.25, 0.3) is 0 Å². The van der Waals surface area contributed by atoms with Gasteiger partial charge in [0.15, 0.2) is 0 Å². The number of aryl methyl sites for hydroxylation is 2. The smallest absolute Gasteiger partial charge is 0.322 e. The van der Waals surface area contributed by atoms with E-state index in [0.717, 1.165) is 18.8 Å². The van der Waals surface area contributed by atoms with Crippen molar-refractivity contribution in [2.24, 2.45) is 0 Å². The predicted octanol–water partition coefficient (Wildman–Crippen LogP) is 4.06. The molecule has 1 aliphatic rings. The molecule has 5 heteroatoms. The molecule has 0 bridgehead atoms. The number of anilines is 2. The Labute approximate surface area is 155 Å². The molecule has 1 N–H and O–H groups in total. The lowest BCUT2D eigenvalue weighted by Crippen LogP contribution is -2.50. The van der Waals surface area contributed by atoms with Crippen LogP contribution in [0.15, 0.2) is 42.5 Å². The number of hydrogen-bond acceptors (Lipinski definition) is 3. The van der Waals surface area contributed by atoms with Crippen molar-refractivity contribution < 1.29 is 9.53 Å². The van der Waals surface area contributed by atoms with Gasteiger partial charge in [0, 0.05) is 31.9 Å². The third-order valence-corrected chi connectivity index (χ3v) is 4.75. The van der Waals surface area contributed by atoms with Crippen molar-refractivity contribution in [1.29, 1.82) is 0 Å². The van der Waals surface area contributed by atoms with Gasteiger partial charge < -0.3 is 19.9 Å². The fourth-order valence-electron chi connectivity index (χ4n) is 3.48. The molecular formula is C21H27N3O2. The largest absolute Gasteiger partial charge is 0.492 e. The molecule has 0 saturated carbocycles. The molecule has 2 aromatic rings. The lowest BCUT2D eigenvalue weighted by Gasteiger charge is -2.37. The second-order valence-electron chi connectivity index (χ2n) is 6.57. The highest BCUT2D eigenvalue weighted by Gasteiger charge is 2.23. The number of rotatable bonds is 4. The van der Waals surface area contributed by atoms with Crippen molar-refractivity contribution in [2.75, 3.05) is 43.0 Å². The summed E-state index contributed by atoms with van der Waals surface area (Å²) in [5.41, 5.74) is 4.59. The van der Waals surface area contributed by atoms with Gasteiger partial charge in [0.1, 0.15) is 5.75 Å². The van der Waals surface area contributed by atoms with Crippen LogP contribution in [0, 0.1) is 13.8 Å². The van der Waals surface area contributed by atoms with E-state index >= 15 is 0 Å². The second-order valence-corrected chi connectivity index (χ2v) is 6.57. The number of nitrogens with one attached hydrogen (secondary N) is 1. The van der Waals surface area contributed by atoms with Gasteiger partial charge in [-0.1, -0.05) is 30.3 Å². The molecule has 0 aliphatic carbocycles. The summed E-state index contributed by atoms with van der Waals surface area (Å²) < 4.78 is 5.58. The molecule has 2 aromatic carbocycles. The van der Waals surface area contributed by atoms with Crippen LogP contribution in [0.2, 0.25) is 0 Å². The van der Waals surface area contributed by atoms with E-state index in [9.17, 15) is 4.79 Å². The van der Waals surface area contributed by atoms with Crippen LogP contribution in [0.1, 0.15) is 18.1 Å². The van der Waals surface area contributed by atoms with Crippen molar-refractivity contribution in [2.45, 2.75) is 20.8 Å². The Bertz CT molecular complexity index is 747. The number of amides is 2. The Hall–Kier alpha value is -2.69. The molecule has 1 saturated heterocycles. The molecule has 1 aliphatic heterocycles. The SMILES string of the molecule is CCOc1ccccc1NC(=O)N1CCN(c2c(C)cccc2C)CC1. The minimum atomic E-state index is -0.0710. The molecule has 2 amide bonds. The topological polar surface area (TPSA) is 44.8 Å². The summed E-state index contributed by atoms with van der Waals surface area (Å²) in [4.78, 5) is 16.9. The van der Waals surface area contributed by atoms with E-state index in [4.69, 9.17) is 4.74 Å². The van der Waals surface area contributed by atoms with Crippen LogP contribution in [0.3, 0.4) is 0 Å². The van der Waals surface area contributed by atoms with Gasteiger partial charge in [-0.15, -0.1) is 0 Å². The highest BCUT2D eigenvalue weighted by molar-refractivity contribution is 5.91. The molecular weight excluding hydrogens is 326 g/mol. The fourth-order valence-corrected chi connectivity index (χ4v) is 3.48. The summed E-state index contributed by atoms with van der Waals surface area (Å²) in [5.74, 6) is 0.706. The van der Waals surface area contributed by atoms with Gasteiger partial charge in [-0.3, -0.25) is 0 Å². The zero-order valence-electron chi connectivity index (χ0n) is 15.8. The van der Waals surface area contributed by atoms with E-state index in [-0.39, 0.29) is 6.03 Å². The first-order valence-corrected chi connectivity index (χ1v) is 9.19. The second kappa shape index (κ2) is 8.13. The molecule has 1 fully saturated rings. The van der Waals surface area contributed by atoms with Crippen LogP contribution in [-0.2, 0) is 0 Å². The quantitative estimate of drug-likeness (QED) is 0.902. The van der Waals surface area contributed by atoms with Crippen LogP contribution >= 0.6 is 0 Å². The summed E-state index contributed by atoms with van der Waals surface area (Å²) in [5, 5.41) is 2.99. The minimum absolute atomic E-state index is 0.0710. The normalized spacial score (nSPS) is 14.3. The van der Waals surface area contributed by atoms with Gasteiger partial charge in [-0.25, -0.2) is 4.79 Å². The van der Waals surface area contributed by atoms with Crippen LogP contribution in [0.5, 0.6) is 5.75 Å². The molecule has 0 spiro atoms. The summed E-state index contributed by atoms with van der Waals surface area (Å²) in [7, 11) is 0. The van der Waals surface area contributed by atoms with Gasteiger partial charge in [0.05, 0.1) is 12.3 Å². The molecule has 0 atom stereocenters. The van der Waals surface area contributed by atoms with E-state index in [1.54, 1.807) is 0 Å². The van der Waals surface area contributed by atoms with E-state index in [0.29, 0.717) is 25.4 Å². The first-order valence-electron chi connectivity index (χ1n) is 9.19. The maximum Gasteiger partial charge on any atom is 0.322 e. The molecule has 1 heterocycles. The molecule has 5 nitrogen and oxygen atoms in total.